The maximum absolute atomic E-state index is 12.7. The SMILES string of the molecule is CC(=O)Nc1ccc(CC(=O)Nc2c(-c3ccccc3)nc3ccccn23)cc1. The van der Waals surface area contributed by atoms with E-state index in [1.807, 2.05) is 71.3 Å². The minimum absolute atomic E-state index is 0.128. The van der Waals surface area contributed by atoms with Gasteiger partial charge in [-0.05, 0) is 29.8 Å². The first-order valence-corrected chi connectivity index (χ1v) is 9.29. The predicted molar refractivity (Wildman–Crippen MR) is 114 cm³/mol. The van der Waals surface area contributed by atoms with Crippen LogP contribution in [-0.4, -0.2) is 21.2 Å². The molecule has 0 unspecified atom stereocenters. The molecule has 144 valence electrons. The second-order valence-corrected chi connectivity index (χ2v) is 6.71. The zero-order chi connectivity index (χ0) is 20.2. The molecule has 0 radical (unpaired) electrons. The largest absolute Gasteiger partial charge is 0.326 e. The van der Waals surface area contributed by atoms with Crippen LogP contribution in [0.2, 0.25) is 0 Å². The molecule has 6 heteroatoms. The molecular formula is C23H20N4O2. The van der Waals surface area contributed by atoms with Gasteiger partial charge in [-0.1, -0.05) is 48.5 Å². The van der Waals surface area contributed by atoms with Gasteiger partial charge in [0.25, 0.3) is 0 Å². The van der Waals surface area contributed by atoms with Crippen molar-refractivity contribution in [3.8, 4) is 11.3 Å². The molecule has 0 atom stereocenters. The van der Waals surface area contributed by atoms with Crippen LogP contribution in [0.5, 0.6) is 0 Å². The van der Waals surface area contributed by atoms with Crippen LogP contribution in [0.15, 0.2) is 79.0 Å². The van der Waals surface area contributed by atoms with Gasteiger partial charge >= 0.3 is 0 Å². The number of hydrogen-bond donors (Lipinski definition) is 2. The molecule has 0 fully saturated rings. The van der Waals surface area contributed by atoms with Crippen LogP contribution in [0, 0.1) is 0 Å². The molecule has 4 aromatic rings. The van der Waals surface area contributed by atoms with Gasteiger partial charge in [-0.3, -0.25) is 14.0 Å². The summed E-state index contributed by atoms with van der Waals surface area (Å²) in [6.07, 6.45) is 2.10. The molecule has 0 spiro atoms. The summed E-state index contributed by atoms with van der Waals surface area (Å²) >= 11 is 0. The van der Waals surface area contributed by atoms with Crippen molar-refractivity contribution in [2.45, 2.75) is 13.3 Å². The lowest BCUT2D eigenvalue weighted by molar-refractivity contribution is -0.116. The van der Waals surface area contributed by atoms with Crippen molar-refractivity contribution in [3.05, 3.63) is 84.6 Å². The molecule has 0 aliphatic carbocycles. The number of benzene rings is 2. The van der Waals surface area contributed by atoms with E-state index < -0.39 is 0 Å². The highest BCUT2D eigenvalue weighted by molar-refractivity contribution is 5.96. The van der Waals surface area contributed by atoms with Gasteiger partial charge in [-0.2, -0.15) is 0 Å². The van der Waals surface area contributed by atoms with E-state index in [-0.39, 0.29) is 18.2 Å². The Hall–Kier alpha value is -3.93. The summed E-state index contributed by atoms with van der Waals surface area (Å²) in [5.74, 6) is 0.378. The minimum atomic E-state index is -0.139. The first-order chi connectivity index (χ1) is 14.1. The van der Waals surface area contributed by atoms with Crippen molar-refractivity contribution in [1.29, 1.82) is 0 Å². The summed E-state index contributed by atoms with van der Waals surface area (Å²) in [5.41, 5.74) is 3.99. The molecule has 6 nitrogen and oxygen atoms in total. The molecular weight excluding hydrogens is 364 g/mol. The topological polar surface area (TPSA) is 75.5 Å². The van der Waals surface area contributed by atoms with Gasteiger partial charge in [0, 0.05) is 24.4 Å². The molecule has 2 aromatic carbocycles. The average Bonchev–Trinajstić information content (AvgIpc) is 3.08. The number of nitrogens with zero attached hydrogens (tertiary/aromatic N) is 2. The van der Waals surface area contributed by atoms with Gasteiger partial charge in [0.05, 0.1) is 6.42 Å². The van der Waals surface area contributed by atoms with Crippen molar-refractivity contribution < 1.29 is 9.59 Å². The second-order valence-electron chi connectivity index (χ2n) is 6.71. The van der Waals surface area contributed by atoms with Crippen LogP contribution in [-0.2, 0) is 16.0 Å². The number of fused-ring (bicyclic) bond motifs is 1. The zero-order valence-electron chi connectivity index (χ0n) is 15.9. The minimum Gasteiger partial charge on any atom is -0.326 e. The maximum Gasteiger partial charge on any atom is 0.229 e. The molecule has 0 aliphatic heterocycles. The fraction of sp³-hybridized carbons (Fsp3) is 0.0870. The van der Waals surface area contributed by atoms with Crippen LogP contribution >= 0.6 is 0 Å². The Morgan fingerprint density at radius 1 is 0.897 bits per heavy atom. The normalized spacial score (nSPS) is 10.7. The Labute approximate surface area is 168 Å². The summed E-state index contributed by atoms with van der Waals surface area (Å²) in [6.45, 7) is 1.46. The first kappa shape index (κ1) is 18.4. The van der Waals surface area contributed by atoms with Gasteiger partial charge in [0.1, 0.15) is 17.2 Å². The van der Waals surface area contributed by atoms with Crippen molar-refractivity contribution in [2.75, 3.05) is 10.6 Å². The average molecular weight is 384 g/mol. The molecule has 2 heterocycles. The molecule has 29 heavy (non-hydrogen) atoms. The highest BCUT2D eigenvalue weighted by atomic mass is 16.2. The van der Waals surface area contributed by atoms with E-state index in [4.69, 9.17) is 4.98 Å². The number of anilines is 2. The Bertz CT molecular complexity index is 1160. The van der Waals surface area contributed by atoms with Crippen molar-refractivity contribution in [1.82, 2.24) is 9.38 Å². The van der Waals surface area contributed by atoms with Crippen LogP contribution in [0.1, 0.15) is 12.5 Å². The standard InChI is InChI=1S/C23H20N4O2/c1-16(28)24-19-12-10-17(11-13-19)15-21(29)26-23-22(18-7-3-2-4-8-18)25-20-9-5-6-14-27(20)23/h2-14H,15H2,1H3,(H,24,28)(H,26,29). The fourth-order valence-corrected chi connectivity index (χ4v) is 3.18. The van der Waals surface area contributed by atoms with E-state index in [9.17, 15) is 9.59 Å². The number of carbonyl (C=O) groups excluding carboxylic acids is 2. The third-order valence-corrected chi connectivity index (χ3v) is 4.47. The fourth-order valence-electron chi connectivity index (χ4n) is 3.18. The number of nitrogens with one attached hydrogen (secondary N) is 2. The Balaban J connectivity index is 1.58. The Morgan fingerprint density at radius 2 is 1.62 bits per heavy atom. The highest BCUT2D eigenvalue weighted by Crippen LogP contribution is 2.28. The van der Waals surface area contributed by atoms with Crippen LogP contribution in [0.4, 0.5) is 11.5 Å². The third kappa shape index (κ3) is 4.16. The summed E-state index contributed by atoms with van der Waals surface area (Å²) in [7, 11) is 0. The molecule has 0 saturated carbocycles. The Morgan fingerprint density at radius 3 is 2.34 bits per heavy atom. The third-order valence-electron chi connectivity index (χ3n) is 4.47. The highest BCUT2D eigenvalue weighted by Gasteiger charge is 2.16. The maximum atomic E-state index is 12.7. The lowest BCUT2D eigenvalue weighted by Gasteiger charge is -2.09. The first-order valence-electron chi connectivity index (χ1n) is 9.29. The quantitative estimate of drug-likeness (QED) is 0.543. The van der Waals surface area contributed by atoms with Crippen LogP contribution in [0.25, 0.3) is 16.9 Å². The number of hydrogen-bond acceptors (Lipinski definition) is 3. The molecule has 0 aliphatic rings. The summed E-state index contributed by atoms with van der Waals surface area (Å²) in [4.78, 5) is 28.6. The van der Waals surface area contributed by atoms with Crippen molar-refractivity contribution >= 4 is 29.0 Å². The van der Waals surface area contributed by atoms with Gasteiger partial charge in [0.2, 0.25) is 11.8 Å². The number of imidazole rings is 1. The van der Waals surface area contributed by atoms with E-state index in [1.54, 1.807) is 12.1 Å². The smallest absolute Gasteiger partial charge is 0.229 e. The van der Waals surface area contributed by atoms with Crippen molar-refractivity contribution in [2.24, 2.45) is 0 Å². The summed E-state index contributed by atoms with van der Waals surface area (Å²) < 4.78 is 1.88. The molecule has 2 N–H and O–H groups in total. The van der Waals surface area contributed by atoms with Crippen molar-refractivity contribution in [3.63, 3.8) is 0 Å². The van der Waals surface area contributed by atoms with Gasteiger partial charge in [0.15, 0.2) is 0 Å². The molecule has 4 rings (SSSR count). The van der Waals surface area contributed by atoms with Gasteiger partial charge in [-0.15, -0.1) is 0 Å². The van der Waals surface area contributed by atoms with Crippen LogP contribution < -0.4 is 10.6 Å². The monoisotopic (exact) mass is 384 g/mol. The van der Waals surface area contributed by atoms with Gasteiger partial charge < -0.3 is 10.6 Å². The van der Waals surface area contributed by atoms with E-state index in [1.165, 1.54) is 6.92 Å². The van der Waals surface area contributed by atoms with Crippen LogP contribution in [0.3, 0.4) is 0 Å². The second kappa shape index (κ2) is 7.98. The van der Waals surface area contributed by atoms with E-state index in [2.05, 4.69) is 10.6 Å². The number of amides is 2. The molecule has 2 amide bonds. The van der Waals surface area contributed by atoms with E-state index >= 15 is 0 Å². The van der Waals surface area contributed by atoms with Gasteiger partial charge in [-0.25, -0.2) is 4.98 Å². The summed E-state index contributed by atoms with van der Waals surface area (Å²) in [5, 5.41) is 5.74. The molecule has 0 bridgehead atoms. The molecule has 0 saturated heterocycles. The predicted octanol–water partition coefficient (Wildman–Crippen LogP) is 4.14. The lowest BCUT2D eigenvalue weighted by atomic mass is 10.1. The number of aromatic nitrogens is 2. The zero-order valence-corrected chi connectivity index (χ0v) is 15.9. The summed E-state index contributed by atoms with van der Waals surface area (Å²) in [6, 6.07) is 22.7. The molecule has 2 aromatic heterocycles. The Kier molecular flexibility index (Phi) is 5.07. The van der Waals surface area contributed by atoms with E-state index in [0.29, 0.717) is 11.5 Å². The number of carbonyl (C=O) groups is 2. The number of rotatable bonds is 5. The lowest BCUT2D eigenvalue weighted by Crippen LogP contribution is -2.16. The van der Waals surface area contributed by atoms with E-state index in [0.717, 1.165) is 22.5 Å². The number of pyridine rings is 1.